The van der Waals surface area contributed by atoms with E-state index in [0.29, 0.717) is 19.8 Å². The third-order valence-electron chi connectivity index (χ3n) is 3.39. The number of aliphatic carboxylic acids is 1. The second kappa shape index (κ2) is 7.04. The van der Waals surface area contributed by atoms with E-state index in [-0.39, 0.29) is 5.92 Å². The zero-order valence-electron chi connectivity index (χ0n) is 12.5. The van der Waals surface area contributed by atoms with Crippen molar-refractivity contribution in [3.05, 3.63) is 17.7 Å². The Morgan fingerprint density at radius 2 is 1.95 bits per heavy atom. The first-order valence-corrected chi connectivity index (χ1v) is 8.18. The van der Waals surface area contributed by atoms with Gasteiger partial charge >= 0.3 is 5.97 Å². The van der Waals surface area contributed by atoms with Crippen LogP contribution in [0.3, 0.4) is 0 Å². The monoisotopic (exact) mass is 311 g/mol. The number of fused-ring (bicyclic) bond motifs is 1. The van der Waals surface area contributed by atoms with Crippen molar-refractivity contribution in [2.45, 2.75) is 31.3 Å². The molecule has 0 bridgehead atoms. The number of hydrogen-bond acceptors (Lipinski definition) is 5. The van der Waals surface area contributed by atoms with Crippen molar-refractivity contribution in [1.82, 2.24) is 5.32 Å². The minimum absolute atomic E-state index is 0.0254. The van der Waals surface area contributed by atoms with Crippen LogP contribution in [0.15, 0.2) is 17.0 Å². The molecule has 0 radical (unpaired) electrons. The van der Waals surface area contributed by atoms with E-state index in [2.05, 4.69) is 5.32 Å². The summed E-state index contributed by atoms with van der Waals surface area (Å²) in [5.41, 5.74) is 1.03. The largest absolute Gasteiger partial charge is 0.486 e. The van der Waals surface area contributed by atoms with E-state index in [1.807, 2.05) is 32.2 Å². The zero-order chi connectivity index (χ0) is 15.4. The summed E-state index contributed by atoms with van der Waals surface area (Å²) >= 11 is 1.61. The molecule has 0 saturated carbocycles. The van der Waals surface area contributed by atoms with E-state index < -0.39 is 12.0 Å². The van der Waals surface area contributed by atoms with Crippen molar-refractivity contribution in [3.8, 4) is 11.5 Å². The quantitative estimate of drug-likeness (QED) is 0.786. The Bertz CT molecular complexity index is 519. The van der Waals surface area contributed by atoms with Crippen LogP contribution in [0.1, 0.15) is 19.4 Å². The van der Waals surface area contributed by atoms with Gasteiger partial charge in [0.15, 0.2) is 11.5 Å². The summed E-state index contributed by atoms with van der Waals surface area (Å²) in [6.45, 7) is 5.38. The van der Waals surface area contributed by atoms with Crippen molar-refractivity contribution >= 4 is 17.7 Å². The Morgan fingerprint density at radius 3 is 2.48 bits per heavy atom. The Morgan fingerprint density at radius 1 is 1.33 bits per heavy atom. The van der Waals surface area contributed by atoms with E-state index in [0.717, 1.165) is 22.0 Å². The van der Waals surface area contributed by atoms with Crippen LogP contribution in [0.5, 0.6) is 11.5 Å². The van der Waals surface area contributed by atoms with E-state index >= 15 is 0 Å². The molecule has 0 aromatic heterocycles. The maximum atomic E-state index is 11.2. The van der Waals surface area contributed by atoms with Crippen molar-refractivity contribution in [3.63, 3.8) is 0 Å². The highest BCUT2D eigenvalue weighted by Crippen LogP contribution is 2.36. The van der Waals surface area contributed by atoms with E-state index in [1.54, 1.807) is 11.8 Å². The van der Waals surface area contributed by atoms with Crippen LogP contribution < -0.4 is 14.8 Å². The molecule has 1 aromatic carbocycles. The summed E-state index contributed by atoms with van der Waals surface area (Å²) in [6, 6.07) is 3.33. The van der Waals surface area contributed by atoms with Gasteiger partial charge in [-0.25, -0.2) is 0 Å². The molecule has 1 aliphatic heterocycles. The van der Waals surface area contributed by atoms with Gasteiger partial charge in [0.1, 0.15) is 19.3 Å². The van der Waals surface area contributed by atoms with Crippen molar-refractivity contribution < 1.29 is 19.4 Å². The van der Waals surface area contributed by atoms with Crippen molar-refractivity contribution in [2.24, 2.45) is 5.92 Å². The standard InChI is InChI=1S/C15H21NO4S/c1-9(2)14(15(17)18)16-8-10-6-11-12(7-13(10)21-3)20-5-4-19-11/h6-7,9,14,16H,4-5,8H2,1-3H3,(H,17,18)/t14-/m1/s1. The Labute approximate surface area is 129 Å². The second-order valence-corrected chi connectivity index (χ2v) is 6.10. The number of carboxylic acid groups (broad SMARTS) is 1. The number of carbonyl (C=O) groups is 1. The zero-order valence-corrected chi connectivity index (χ0v) is 13.3. The van der Waals surface area contributed by atoms with E-state index in [1.165, 1.54) is 0 Å². The van der Waals surface area contributed by atoms with Gasteiger partial charge in [0.2, 0.25) is 0 Å². The number of thioether (sulfide) groups is 1. The molecule has 0 spiro atoms. The molecule has 0 aliphatic carbocycles. The van der Waals surface area contributed by atoms with Crippen molar-refractivity contribution in [2.75, 3.05) is 19.5 Å². The van der Waals surface area contributed by atoms with Crippen molar-refractivity contribution in [1.29, 1.82) is 0 Å². The fourth-order valence-corrected chi connectivity index (χ4v) is 2.89. The van der Waals surface area contributed by atoms with Crippen LogP contribution in [-0.4, -0.2) is 36.6 Å². The molecular formula is C15H21NO4S. The van der Waals surface area contributed by atoms with Gasteiger partial charge in [-0.1, -0.05) is 13.8 Å². The van der Waals surface area contributed by atoms with Gasteiger partial charge < -0.3 is 19.9 Å². The number of benzene rings is 1. The summed E-state index contributed by atoms with van der Waals surface area (Å²) in [6.07, 6.45) is 1.99. The molecule has 0 unspecified atom stereocenters. The fraction of sp³-hybridized carbons (Fsp3) is 0.533. The van der Waals surface area contributed by atoms with Gasteiger partial charge in [-0.2, -0.15) is 0 Å². The summed E-state index contributed by atoms with van der Waals surface area (Å²) in [5, 5.41) is 12.3. The first kappa shape index (κ1) is 16.0. The normalized spacial score (nSPS) is 15.0. The molecule has 1 atom stereocenters. The highest BCUT2D eigenvalue weighted by atomic mass is 32.2. The first-order chi connectivity index (χ1) is 10.0. The average Bonchev–Trinajstić information content (AvgIpc) is 2.45. The van der Waals surface area contributed by atoms with E-state index in [9.17, 15) is 9.90 Å². The number of carboxylic acids is 1. The topological polar surface area (TPSA) is 67.8 Å². The van der Waals surface area contributed by atoms with Gasteiger partial charge in [-0.05, 0) is 29.9 Å². The molecule has 2 rings (SSSR count). The predicted molar refractivity (Wildman–Crippen MR) is 82.3 cm³/mol. The summed E-state index contributed by atoms with van der Waals surface area (Å²) in [7, 11) is 0. The van der Waals surface area contributed by atoms with E-state index in [4.69, 9.17) is 9.47 Å². The molecule has 116 valence electrons. The average molecular weight is 311 g/mol. The Balaban J connectivity index is 2.17. The molecule has 1 aliphatic rings. The van der Waals surface area contributed by atoms with Crippen LogP contribution in [0, 0.1) is 5.92 Å². The molecule has 1 aromatic rings. The summed E-state index contributed by atoms with van der Waals surface area (Å²) in [5.74, 6) is 0.686. The minimum Gasteiger partial charge on any atom is -0.486 e. The van der Waals surface area contributed by atoms with Gasteiger partial charge in [0.25, 0.3) is 0 Å². The maximum Gasteiger partial charge on any atom is 0.320 e. The van der Waals surface area contributed by atoms with Gasteiger partial charge in [-0.15, -0.1) is 11.8 Å². The molecule has 6 heteroatoms. The van der Waals surface area contributed by atoms with Gasteiger partial charge in [-0.3, -0.25) is 4.79 Å². The predicted octanol–water partition coefficient (Wildman–Crippen LogP) is 2.38. The van der Waals surface area contributed by atoms with Crippen LogP contribution in [0.4, 0.5) is 0 Å². The third kappa shape index (κ3) is 3.83. The first-order valence-electron chi connectivity index (χ1n) is 6.95. The number of hydrogen-bond donors (Lipinski definition) is 2. The molecule has 2 N–H and O–H groups in total. The van der Waals surface area contributed by atoms with Gasteiger partial charge in [0, 0.05) is 11.4 Å². The number of nitrogens with one attached hydrogen (secondary N) is 1. The molecule has 0 saturated heterocycles. The second-order valence-electron chi connectivity index (χ2n) is 5.25. The third-order valence-corrected chi connectivity index (χ3v) is 4.21. The lowest BCUT2D eigenvalue weighted by Gasteiger charge is -2.22. The Hall–Kier alpha value is -1.40. The highest BCUT2D eigenvalue weighted by Gasteiger charge is 2.22. The SMILES string of the molecule is CSc1cc2c(cc1CN[C@@H](C(=O)O)C(C)C)OCCO2. The van der Waals surface area contributed by atoms with Crippen LogP contribution in [-0.2, 0) is 11.3 Å². The lowest BCUT2D eigenvalue weighted by atomic mass is 10.0. The fourth-order valence-electron chi connectivity index (χ4n) is 2.27. The summed E-state index contributed by atoms with van der Waals surface area (Å²) < 4.78 is 11.2. The summed E-state index contributed by atoms with van der Waals surface area (Å²) in [4.78, 5) is 12.3. The van der Waals surface area contributed by atoms with Gasteiger partial charge in [0.05, 0.1) is 0 Å². The minimum atomic E-state index is -0.826. The molecule has 21 heavy (non-hydrogen) atoms. The lowest BCUT2D eigenvalue weighted by Crippen LogP contribution is -2.40. The molecule has 0 fully saturated rings. The highest BCUT2D eigenvalue weighted by molar-refractivity contribution is 7.98. The smallest absolute Gasteiger partial charge is 0.320 e. The molecule has 0 amide bonds. The van der Waals surface area contributed by atoms with Crippen LogP contribution >= 0.6 is 11.8 Å². The lowest BCUT2D eigenvalue weighted by molar-refractivity contribution is -0.140. The molecule has 5 nitrogen and oxygen atoms in total. The molecule has 1 heterocycles. The molecular weight excluding hydrogens is 290 g/mol. The van der Waals surface area contributed by atoms with Crippen LogP contribution in [0.25, 0.3) is 0 Å². The van der Waals surface area contributed by atoms with Crippen LogP contribution in [0.2, 0.25) is 0 Å². The number of ether oxygens (including phenoxy) is 2. The Kier molecular flexibility index (Phi) is 5.36. The maximum absolute atomic E-state index is 11.2. The number of rotatable bonds is 6.